The maximum Gasteiger partial charge on any atom is 0.284 e. The van der Waals surface area contributed by atoms with Crippen LogP contribution in [-0.2, 0) is 7.05 Å². The monoisotopic (exact) mass is 283 g/mol. The highest BCUT2D eigenvalue weighted by atomic mass is 35.5. The molecular weight excluding hydrogens is 273 g/mol. The van der Waals surface area contributed by atoms with E-state index in [-0.39, 0.29) is 16.6 Å². The summed E-state index contributed by atoms with van der Waals surface area (Å²) in [5.41, 5.74) is 5.90. The highest BCUT2D eigenvalue weighted by molar-refractivity contribution is 6.33. The van der Waals surface area contributed by atoms with Gasteiger partial charge < -0.3 is 15.0 Å². The Bertz CT molecular complexity index is 655. The molecule has 0 spiro atoms. The Morgan fingerprint density at radius 2 is 2.21 bits per heavy atom. The maximum atomic E-state index is 13.8. The Morgan fingerprint density at radius 1 is 1.53 bits per heavy atom. The van der Waals surface area contributed by atoms with Gasteiger partial charge in [0.1, 0.15) is 0 Å². The van der Waals surface area contributed by atoms with Crippen molar-refractivity contribution in [3.8, 4) is 17.0 Å². The van der Waals surface area contributed by atoms with Crippen LogP contribution in [0.25, 0.3) is 11.3 Å². The van der Waals surface area contributed by atoms with Gasteiger partial charge in [-0.15, -0.1) is 0 Å². The molecule has 0 saturated carbocycles. The average Bonchev–Trinajstić information content (AvgIpc) is 2.74. The van der Waals surface area contributed by atoms with E-state index >= 15 is 0 Å². The van der Waals surface area contributed by atoms with Gasteiger partial charge in [-0.25, -0.2) is 9.37 Å². The molecule has 0 saturated heterocycles. The zero-order chi connectivity index (χ0) is 14.2. The van der Waals surface area contributed by atoms with Crippen molar-refractivity contribution in [1.82, 2.24) is 9.55 Å². The molecule has 2 rings (SSSR count). The van der Waals surface area contributed by atoms with Crippen molar-refractivity contribution >= 4 is 17.5 Å². The number of ether oxygens (including phenoxy) is 1. The molecule has 19 heavy (non-hydrogen) atoms. The van der Waals surface area contributed by atoms with Gasteiger partial charge in [-0.05, 0) is 12.1 Å². The van der Waals surface area contributed by atoms with E-state index in [9.17, 15) is 9.18 Å². The Kier molecular flexibility index (Phi) is 3.44. The lowest BCUT2D eigenvalue weighted by atomic mass is 10.1. The van der Waals surface area contributed by atoms with Gasteiger partial charge in [-0.1, -0.05) is 11.6 Å². The second-order valence-corrected chi connectivity index (χ2v) is 4.25. The van der Waals surface area contributed by atoms with E-state index in [0.29, 0.717) is 11.3 Å². The zero-order valence-corrected chi connectivity index (χ0v) is 11.0. The summed E-state index contributed by atoms with van der Waals surface area (Å²) in [5.74, 6) is -1.23. The van der Waals surface area contributed by atoms with Crippen LogP contribution in [0.4, 0.5) is 4.39 Å². The number of aromatic nitrogens is 2. The molecule has 0 aliphatic rings. The maximum absolute atomic E-state index is 13.8. The Hall–Kier alpha value is -2.08. The largest absolute Gasteiger partial charge is 0.494 e. The lowest BCUT2D eigenvalue weighted by molar-refractivity contribution is 0.0987. The number of benzene rings is 1. The van der Waals surface area contributed by atoms with Crippen LogP contribution < -0.4 is 10.5 Å². The Labute approximate surface area is 113 Å². The van der Waals surface area contributed by atoms with Crippen molar-refractivity contribution in [2.75, 3.05) is 7.11 Å². The van der Waals surface area contributed by atoms with Crippen molar-refractivity contribution in [3.05, 3.63) is 35.0 Å². The molecule has 0 atom stereocenters. The number of halogens is 2. The van der Waals surface area contributed by atoms with Crippen molar-refractivity contribution < 1.29 is 13.9 Å². The van der Waals surface area contributed by atoms with E-state index in [4.69, 9.17) is 22.1 Å². The molecule has 2 aromatic rings. The van der Waals surface area contributed by atoms with Crippen LogP contribution in [-0.4, -0.2) is 22.6 Å². The molecule has 0 unspecified atom stereocenters. The minimum atomic E-state index is -0.673. The lowest BCUT2D eigenvalue weighted by Gasteiger charge is -2.06. The molecule has 0 fully saturated rings. The van der Waals surface area contributed by atoms with Gasteiger partial charge in [0, 0.05) is 18.8 Å². The van der Waals surface area contributed by atoms with Gasteiger partial charge in [0.25, 0.3) is 5.91 Å². The summed E-state index contributed by atoms with van der Waals surface area (Å²) < 4.78 is 20.1. The van der Waals surface area contributed by atoms with Gasteiger partial charge in [0.05, 0.1) is 17.8 Å². The number of carbonyl (C=O) groups excluding carboxylic acids is 1. The molecule has 0 aliphatic carbocycles. The number of carbonyl (C=O) groups is 1. The van der Waals surface area contributed by atoms with Gasteiger partial charge in [-0.2, -0.15) is 0 Å². The quantitative estimate of drug-likeness (QED) is 0.936. The molecule has 1 heterocycles. The third kappa shape index (κ3) is 2.26. The van der Waals surface area contributed by atoms with Crippen LogP contribution in [0.15, 0.2) is 18.3 Å². The molecule has 100 valence electrons. The predicted molar refractivity (Wildman–Crippen MR) is 68.7 cm³/mol. The van der Waals surface area contributed by atoms with Crippen LogP contribution in [0.1, 0.15) is 10.6 Å². The molecule has 1 amide bonds. The minimum Gasteiger partial charge on any atom is -0.494 e. The number of amides is 1. The topological polar surface area (TPSA) is 70.1 Å². The van der Waals surface area contributed by atoms with Crippen molar-refractivity contribution in [2.24, 2.45) is 12.8 Å². The van der Waals surface area contributed by atoms with Crippen molar-refractivity contribution in [2.45, 2.75) is 0 Å². The fraction of sp³-hybridized carbons (Fsp3) is 0.167. The highest BCUT2D eigenvalue weighted by Gasteiger charge is 2.17. The number of rotatable bonds is 3. The minimum absolute atomic E-state index is 0.0415. The second-order valence-electron chi connectivity index (χ2n) is 3.87. The van der Waals surface area contributed by atoms with Gasteiger partial charge >= 0.3 is 0 Å². The van der Waals surface area contributed by atoms with Crippen molar-refractivity contribution in [3.63, 3.8) is 0 Å². The van der Waals surface area contributed by atoms with Crippen LogP contribution in [0.3, 0.4) is 0 Å². The first-order valence-corrected chi connectivity index (χ1v) is 5.69. The summed E-state index contributed by atoms with van der Waals surface area (Å²) in [4.78, 5) is 15.2. The van der Waals surface area contributed by atoms with E-state index in [1.807, 2.05) is 0 Å². The summed E-state index contributed by atoms with van der Waals surface area (Å²) in [5, 5.41) is -0.117. The molecule has 0 aliphatic heterocycles. The third-order valence-electron chi connectivity index (χ3n) is 2.64. The normalized spacial score (nSPS) is 10.5. The van der Waals surface area contributed by atoms with E-state index in [0.717, 1.165) is 0 Å². The van der Waals surface area contributed by atoms with E-state index in [2.05, 4.69) is 4.98 Å². The number of imidazole rings is 1. The van der Waals surface area contributed by atoms with Gasteiger partial charge in [-0.3, -0.25) is 4.79 Å². The molecule has 0 bridgehead atoms. The van der Waals surface area contributed by atoms with Gasteiger partial charge in [0.15, 0.2) is 17.4 Å². The molecular formula is C12H11ClFN3O2. The predicted octanol–water partition coefficient (Wildman–Crippen LogP) is 1.99. The fourth-order valence-corrected chi connectivity index (χ4v) is 1.97. The standard InChI is InChI=1S/C12H11ClFN3O2/c1-17-5-7(16-12(17)11(15)18)6-3-4-8(19-2)10(14)9(6)13/h3-5H,1-2H3,(H2,15,18). The molecule has 1 aromatic heterocycles. The fourth-order valence-electron chi connectivity index (χ4n) is 1.71. The van der Waals surface area contributed by atoms with Crippen LogP contribution >= 0.6 is 11.6 Å². The summed E-state index contributed by atoms with van der Waals surface area (Å²) in [6.07, 6.45) is 1.55. The Balaban J connectivity index is 2.57. The first-order valence-electron chi connectivity index (χ1n) is 5.31. The second kappa shape index (κ2) is 4.89. The lowest BCUT2D eigenvalue weighted by Crippen LogP contribution is -2.16. The first kappa shape index (κ1) is 13.4. The van der Waals surface area contributed by atoms with E-state index in [1.54, 1.807) is 19.3 Å². The van der Waals surface area contributed by atoms with Crippen LogP contribution in [0.5, 0.6) is 5.75 Å². The summed E-state index contributed by atoms with van der Waals surface area (Å²) in [6.45, 7) is 0. The van der Waals surface area contributed by atoms with Crippen LogP contribution in [0.2, 0.25) is 5.02 Å². The first-order chi connectivity index (χ1) is 8.95. The third-order valence-corrected chi connectivity index (χ3v) is 3.01. The van der Waals surface area contributed by atoms with Crippen molar-refractivity contribution in [1.29, 1.82) is 0 Å². The SMILES string of the molecule is COc1ccc(-c2cn(C)c(C(N)=O)n2)c(Cl)c1F. The molecule has 5 nitrogen and oxygen atoms in total. The number of methoxy groups -OCH3 is 1. The number of aryl methyl sites for hydroxylation is 1. The highest BCUT2D eigenvalue weighted by Crippen LogP contribution is 2.34. The number of hydrogen-bond acceptors (Lipinski definition) is 3. The molecule has 1 aromatic carbocycles. The molecule has 0 radical (unpaired) electrons. The van der Waals surface area contributed by atoms with E-state index < -0.39 is 11.7 Å². The molecule has 2 N–H and O–H groups in total. The van der Waals surface area contributed by atoms with Crippen LogP contribution in [0, 0.1) is 5.82 Å². The van der Waals surface area contributed by atoms with E-state index in [1.165, 1.54) is 17.7 Å². The Morgan fingerprint density at radius 3 is 2.74 bits per heavy atom. The molecule has 7 heteroatoms. The zero-order valence-electron chi connectivity index (χ0n) is 10.3. The average molecular weight is 284 g/mol. The van der Waals surface area contributed by atoms with Gasteiger partial charge in [0.2, 0.25) is 0 Å². The summed E-state index contributed by atoms with van der Waals surface area (Å²) in [7, 11) is 2.96. The summed E-state index contributed by atoms with van der Waals surface area (Å²) >= 11 is 5.93. The number of primary amides is 1. The number of nitrogens with zero attached hydrogens (tertiary/aromatic N) is 2. The number of nitrogens with two attached hydrogens (primary N) is 1. The smallest absolute Gasteiger partial charge is 0.284 e. The summed E-state index contributed by atoms with van der Waals surface area (Å²) in [6, 6.07) is 3.01. The number of hydrogen-bond donors (Lipinski definition) is 1.